The highest BCUT2D eigenvalue weighted by Gasteiger charge is 2.22. The highest BCUT2D eigenvalue weighted by atomic mass is 32.2. The van der Waals surface area contributed by atoms with E-state index in [4.69, 9.17) is 9.47 Å². The molecule has 142 valence electrons. The highest BCUT2D eigenvalue weighted by molar-refractivity contribution is 8.19. The third-order valence-corrected chi connectivity index (χ3v) is 6.51. The van der Waals surface area contributed by atoms with E-state index >= 15 is 0 Å². The first-order valence-electron chi connectivity index (χ1n) is 8.04. The molecule has 0 aromatic heterocycles. The summed E-state index contributed by atoms with van der Waals surface area (Å²) < 4.78 is 10.8. The van der Waals surface area contributed by atoms with Crippen LogP contribution in [0.5, 0.6) is 5.75 Å². The van der Waals surface area contributed by atoms with Gasteiger partial charge in [-0.05, 0) is 6.07 Å². The first-order chi connectivity index (χ1) is 12.5. The number of hydrogen-bond donors (Lipinski definition) is 1. The molecule has 2 amide bonds. The molecule has 1 N–H and O–H groups in total. The number of para-hydroxylation sites is 1. The van der Waals surface area contributed by atoms with Crippen molar-refractivity contribution in [3.8, 4) is 5.75 Å². The van der Waals surface area contributed by atoms with Crippen LogP contribution in [0.3, 0.4) is 0 Å². The van der Waals surface area contributed by atoms with Crippen LogP contribution >= 0.6 is 23.5 Å². The molecule has 1 aromatic carbocycles. The fourth-order valence-electron chi connectivity index (χ4n) is 2.05. The van der Waals surface area contributed by atoms with Gasteiger partial charge in [0.15, 0.2) is 13.2 Å². The Kier molecular flexibility index (Phi) is 8.11. The molecule has 1 saturated heterocycles. The van der Waals surface area contributed by atoms with Gasteiger partial charge in [-0.2, -0.15) is 0 Å². The maximum absolute atomic E-state index is 11.8. The third-order valence-electron chi connectivity index (χ3n) is 3.44. The zero-order valence-electron chi connectivity index (χ0n) is 14.7. The number of carbonyl (C=O) groups is 3. The molecular formula is C17H22N2O5S2. The van der Waals surface area contributed by atoms with Gasteiger partial charge in [0.05, 0.1) is 11.1 Å². The summed E-state index contributed by atoms with van der Waals surface area (Å²) in [6, 6.07) is 7.61. The lowest BCUT2D eigenvalue weighted by molar-refractivity contribution is -0.150. The van der Waals surface area contributed by atoms with E-state index in [0.717, 1.165) is 17.1 Å². The standard InChI is InChI=1S/C17H22N2O5S2/c1-19(2)15(21)9-18-14(20)10-24-16(22)11-23-13-6-4-3-5-12(13)17-25-7-8-26-17/h3-6,17H,7-11H2,1-2H3,(H,18,20). The van der Waals surface area contributed by atoms with Gasteiger partial charge < -0.3 is 19.7 Å². The second-order valence-electron chi connectivity index (χ2n) is 5.63. The molecule has 7 nitrogen and oxygen atoms in total. The quantitative estimate of drug-likeness (QED) is 0.661. The summed E-state index contributed by atoms with van der Waals surface area (Å²) >= 11 is 3.70. The van der Waals surface area contributed by atoms with Crippen molar-refractivity contribution in [1.82, 2.24) is 10.2 Å². The van der Waals surface area contributed by atoms with Crippen molar-refractivity contribution in [3.63, 3.8) is 0 Å². The van der Waals surface area contributed by atoms with Crippen LogP contribution in [-0.4, -0.2) is 68.0 Å². The Balaban J connectivity index is 1.74. The Bertz CT molecular complexity index is 648. The Morgan fingerprint density at radius 3 is 2.54 bits per heavy atom. The number of hydrogen-bond acceptors (Lipinski definition) is 7. The topological polar surface area (TPSA) is 84.9 Å². The first-order valence-corrected chi connectivity index (χ1v) is 10.1. The van der Waals surface area contributed by atoms with Crippen LogP contribution in [0.1, 0.15) is 10.1 Å². The number of amides is 2. The van der Waals surface area contributed by atoms with Gasteiger partial charge in [-0.3, -0.25) is 9.59 Å². The Morgan fingerprint density at radius 2 is 1.85 bits per heavy atom. The fraction of sp³-hybridized carbons (Fsp3) is 0.471. The molecule has 1 aliphatic heterocycles. The van der Waals surface area contributed by atoms with Crippen molar-refractivity contribution in [3.05, 3.63) is 29.8 Å². The van der Waals surface area contributed by atoms with Crippen LogP contribution in [0.15, 0.2) is 24.3 Å². The highest BCUT2D eigenvalue weighted by Crippen LogP contribution is 2.48. The molecular weight excluding hydrogens is 376 g/mol. The van der Waals surface area contributed by atoms with Crippen LogP contribution in [-0.2, 0) is 19.1 Å². The molecule has 2 rings (SSSR count). The molecule has 0 unspecified atom stereocenters. The zero-order chi connectivity index (χ0) is 18.9. The van der Waals surface area contributed by atoms with Gasteiger partial charge in [0.2, 0.25) is 5.91 Å². The summed E-state index contributed by atoms with van der Waals surface area (Å²) in [4.78, 5) is 36.1. The maximum atomic E-state index is 11.8. The molecule has 1 heterocycles. The van der Waals surface area contributed by atoms with E-state index in [1.165, 1.54) is 4.90 Å². The van der Waals surface area contributed by atoms with Gasteiger partial charge >= 0.3 is 5.97 Å². The van der Waals surface area contributed by atoms with Gasteiger partial charge in [0, 0.05) is 31.2 Å². The minimum absolute atomic E-state index is 0.135. The fourth-order valence-corrected chi connectivity index (χ4v) is 4.96. The van der Waals surface area contributed by atoms with E-state index < -0.39 is 18.5 Å². The lowest BCUT2D eigenvalue weighted by Crippen LogP contribution is -2.38. The molecule has 9 heteroatoms. The van der Waals surface area contributed by atoms with Crippen LogP contribution in [0.4, 0.5) is 0 Å². The number of likely N-dealkylation sites (N-methyl/N-ethyl adjacent to an activating group) is 1. The molecule has 0 saturated carbocycles. The van der Waals surface area contributed by atoms with Crippen molar-refractivity contribution in [2.75, 3.05) is 45.4 Å². The molecule has 1 aliphatic rings. The molecule has 0 atom stereocenters. The summed E-state index contributed by atoms with van der Waals surface area (Å²) in [5.74, 6) is 1.42. The lowest BCUT2D eigenvalue weighted by atomic mass is 10.2. The number of nitrogens with one attached hydrogen (secondary N) is 1. The Labute approximate surface area is 161 Å². The number of carbonyl (C=O) groups excluding carboxylic acids is 3. The summed E-state index contributed by atoms with van der Waals surface area (Å²) in [6.45, 7) is -0.855. The number of thioether (sulfide) groups is 2. The summed E-state index contributed by atoms with van der Waals surface area (Å²) in [5, 5.41) is 2.39. The van der Waals surface area contributed by atoms with E-state index in [1.54, 1.807) is 14.1 Å². The third kappa shape index (κ3) is 6.45. The van der Waals surface area contributed by atoms with E-state index in [2.05, 4.69) is 5.32 Å². The average Bonchev–Trinajstić information content (AvgIpc) is 3.17. The van der Waals surface area contributed by atoms with E-state index in [9.17, 15) is 14.4 Å². The average molecular weight is 399 g/mol. The lowest BCUT2D eigenvalue weighted by Gasteiger charge is -2.15. The van der Waals surface area contributed by atoms with Crippen molar-refractivity contribution < 1.29 is 23.9 Å². The van der Waals surface area contributed by atoms with E-state index in [1.807, 2.05) is 47.8 Å². The van der Waals surface area contributed by atoms with Crippen molar-refractivity contribution in [1.29, 1.82) is 0 Å². The summed E-state index contributed by atoms with van der Waals surface area (Å²) in [7, 11) is 3.18. The van der Waals surface area contributed by atoms with Gasteiger partial charge in [-0.15, -0.1) is 23.5 Å². The van der Waals surface area contributed by atoms with E-state index in [0.29, 0.717) is 10.3 Å². The molecule has 0 aliphatic carbocycles. The maximum Gasteiger partial charge on any atom is 0.344 e. The van der Waals surface area contributed by atoms with Gasteiger partial charge in [-0.25, -0.2) is 4.79 Å². The number of benzene rings is 1. The predicted molar refractivity (Wildman–Crippen MR) is 102 cm³/mol. The molecule has 0 bridgehead atoms. The zero-order valence-corrected chi connectivity index (χ0v) is 16.4. The smallest absolute Gasteiger partial charge is 0.344 e. The number of esters is 1. The largest absolute Gasteiger partial charge is 0.482 e. The van der Waals surface area contributed by atoms with Crippen molar-refractivity contribution in [2.45, 2.75) is 4.58 Å². The molecule has 0 radical (unpaired) electrons. The minimum atomic E-state index is -0.638. The summed E-state index contributed by atoms with van der Waals surface area (Å²) in [5.41, 5.74) is 1.05. The van der Waals surface area contributed by atoms with Gasteiger partial charge in [-0.1, -0.05) is 18.2 Å². The second kappa shape index (κ2) is 10.3. The predicted octanol–water partition coefficient (Wildman–Crippen LogP) is 1.29. The van der Waals surface area contributed by atoms with E-state index in [-0.39, 0.29) is 19.1 Å². The Hall–Kier alpha value is -1.87. The summed E-state index contributed by atoms with van der Waals surface area (Å²) in [6.07, 6.45) is 0. The number of nitrogens with zero attached hydrogens (tertiary/aromatic N) is 1. The molecule has 1 fully saturated rings. The second-order valence-corrected chi connectivity index (χ2v) is 8.35. The van der Waals surface area contributed by atoms with Gasteiger partial charge in [0.1, 0.15) is 5.75 Å². The first kappa shape index (κ1) is 20.4. The van der Waals surface area contributed by atoms with Crippen LogP contribution in [0, 0.1) is 0 Å². The Morgan fingerprint density at radius 1 is 1.15 bits per heavy atom. The SMILES string of the molecule is CN(C)C(=O)CNC(=O)COC(=O)COc1ccccc1C1SCCS1. The number of ether oxygens (including phenoxy) is 2. The molecule has 1 aromatic rings. The monoisotopic (exact) mass is 398 g/mol. The van der Waals surface area contributed by atoms with Crippen LogP contribution in [0.25, 0.3) is 0 Å². The van der Waals surface area contributed by atoms with Crippen molar-refractivity contribution >= 4 is 41.3 Å². The van der Waals surface area contributed by atoms with Crippen LogP contribution < -0.4 is 10.1 Å². The van der Waals surface area contributed by atoms with Crippen molar-refractivity contribution in [2.24, 2.45) is 0 Å². The molecule has 0 spiro atoms. The number of rotatable bonds is 8. The van der Waals surface area contributed by atoms with Gasteiger partial charge in [0.25, 0.3) is 5.91 Å². The normalized spacial score (nSPS) is 13.9. The minimum Gasteiger partial charge on any atom is -0.482 e. The van der Waals surface area contributed by atoms with Crippen LogP contribution in [0.2, 0.25) is 0 Å². The molecule has 26 heavy (non-hydrogen) atoms.